The molecule has 8 heavy (non-hydrogen) atoms. The number of rotatable bonds is 0. The summed E-state index contributed by atoms with van der Waals surface area (Å²) < 4.78 is 8.55. The first-order valence-electron chi connectivity index (χ1n) is 0.730. The Kier molecular flexibility index (Phi) is 24.2. The summed E-state index contributed by atoms with van der Waals surface area (Å²) in [6.45, 7) is 0. The smallest absolute Gasteiger partial charge is 0.822 e. The molecule has 0 aliphatic carbocycles. The minimum atomic E-state index is -5.39. The summed E-state index contributed by atoms with van der Waals surface area (Å²) in [6, 6.07) is 0. The molecule has 0 fully saturated rings. The molecule has 0 heterocycles. The van der Waals surface area contributed by atoms with Crippen LogP contribution in [0.25, 0.3) is 0 Å². The Morgan fingerprint density at radius 2 is 1.12 bits per heavy atom. The van der Waals surface area contributed by atoms with Crippen molar-refractivity contribution < 1.29 is 57.6 Å². The Morgan fingerprint density at radius 1 is 1.12 bits per heavy atom. The molecule has 0 saturated heterocycles. The van der Waals surface area contributed by atoms with E-state index in [1.54, 1.807) is 0 Å². The zero-order valence-corrected chi connectivity index (χ0v) is 9.15. The summed E-state index contributed by atoms with van der Waals surface area (Å²) in [5.74, 6) is 0. The summed E-state index contributed by atoms with van der Waals surface area (Å²) in [5.41, 5.74) is 0. The van der Waals surface area contributed by atoms with E-state index in [4.69, 9.17) is 19.2 Å². The average Bonchev–Trinajstić information content (AvgIpc) is 0.722. The topological polar surface area (TPSA) is 86.2 Å². The molecular formula is LiO4PSiZn+4. The summed E-state index contributed by atoms with van der Waals surface area (Å²) in [6.07, 6.45) is 0. The van der Waals surface area contributed by atoms with Gasteiger partial charge in [-0.2, -0.15) is 7.82 Å². The quantitative estimate of drug-likeness (QED) is 0.284. The molecule has 0 unspecified atom stereocenters. The van der Waals surface area contributed by atoms with E-state index in [1.807, 2.05) is 0 Å². The van der Waals surface area contributed by atoms with Crippen molar-refractivity contribution in [1.82, 2.24) is 0 Å². The average molecular weight is 195 g/mol. The van der Waals surface area contributed by atoms with Gasteiger partial charge in [0.15, 0.2) is 0 Å². The summed E-state index contributed by atoms with van der Waals surface area (Å²) in [5, 5.41) is 0. The van der Waals surface area contributed by atoms with Crippen LogP contribution in [-0.2, 0) is 24.0 Å². The fraction of sp³-hybridized carbons (Fsp3) is 0. The number of phosphoric acid groups is 1. The van der Waals surface area contributed by atoms with Crippen LogP contribution in [0.4, 0.5) is 0 Å². The van der Waals surface area contributed by atoms with Crippen molar-refractivity contribution in [3.05, 3.63) is 0 Å². The largest absolute Gasteiger partial charge is 4.00 e. The maximum Gasteiger partial charge on any atom is 4.00 e. The molecule has 0 aromatic carbocycles. The third kappa shape index (κ3) is 135. The van der Waals surface area contributed by atoms with Gasteiger partial charge in [0.1, 0.15) is 0 Å². The maximum absolute atomic E-state index is 8.55. The van der Waals surface area contributed by atoms with Gasteiger partial charge >= 0.3 is 49.3 Å². The molecule has 0 rings (SSSR count). The zero-order valence-electron chi connectivity index (χ0n) is 4.29. The fourth-order valence-corrected chi connectivity index (χ4v) is 0. The van der Waals surface area contributed by atoms with Crippen LogP contribution >= 0.6 is 7.82 Å². The van der Waals surface area contributed by atoms with Crippen molar-refractivity contribution >= 4 is 18.8 Å². The van der Waals surface area contributed by atoms with E-state index < -0.39 is 7.82 Å². The summed E-state index contributed by atoms with van der Waals surface area (Å²) in [7, 11) is -5.39. The third-order valence-corrected chi connectivity index (χ3v) is 0. The number of hydrogen-bond donors (Lipinski definition) is 0. The molecule has 0 N–H and O–H groups in total. The molecule has 0 spiro atoms. The van der Waals surface area contributed by atoms with Crippen LogP contribution in [0.5, 0.6) is 0 Å². The predicted octanol–water partition coefficient (Wildman–Crippen LogP) is -6.20. The molecule has 8 heteroatoms. The SMILES string of the molecule is O=P([O-])([O-])[O-].[Li+].[Si+4].[Zn+2]. The van der Waals surface area contributed by atoms with E-state index in [9.17, 15) is 0 Å². The van der Waals surface area contributed by atoms with Crippen LogP contribution < -0.4 is 33.5 Å². The first kappa shape index (κ1) is 22.7. The molecule has 4 nitrogen and oxygen atoms in total. The van der Waals surface area contributed by atoms with Gasteiger partial charge in [0.05, 0.1) is 0 Å². The monoisotopic (exact) mass is 194 g/mol. The van der Waals surface area contributed by atoms with E-state index >= 15 is 0 Å². The van der Waals surface area contributed by atoms with Gasteiger partial charge in [-0.05, 0) is 0 Å². The van der Waals surface area contributed by atoms with E-state index in [0.29, 0.717) is 0 Å². The normalized spacial score (nSPS) is 7.38. The van der Waals surface area contributed by atoms with Crippen molar-refractivity contribution in [2.45, 2.75) is 0 Å². The van der Waals surface area contributed by atoms with Gasteiger partial charge in [-0.3, -0.25) is 0 Å². The van der Waals surface area contributed by atoms with Crippen LogP contribution in [0.1, 0.15) is 0 Å². The van der Waals surface area contributed by atoms with Gasteiger partial charge in [-0.1, -0.05) is 0 Å². The second-order valence-electron chi connectivity index (χ2n) is 0.447. The molecule has 0 amide bonds. The first-order chi connectivity index (χ1) is 2.00. The third-order valence-electron chi connectivity index (χ3n) is 0. The van der Waals surface area contributed by atoms with Crippen LogP contribution in [-0.4, -0.2) is 11.0 Å². The second-order valence-corrected chi connectivity index (χ2v) is 1.34. The van der Waals surface area contributed by atoms with Crippen LogP contribution in [0.3, 0.4) is 0 Å². The molecule has 0 aromatic rings. The van der Waals surface area contributed by atoms with Gasteiger partial charge in [0, 0.05) is 0 Å². The van der Waals surface area contributed by atoms with Crippen molar-refractivity contribution in [2.75, 3.05) is 0 Å². The Hall–Kier alpha value is 1.55. The minimum absolute atomic E-state index is 0. The predicted molar refractivity (Wildman–Crippen MR) is 13.4 cm³/mol. The van der Waals surface area contributed by atoms with E-state index in [0.717, 1.165) is 0 Å². The summed E-state index contributed by atoms with van der Waals surface area (Å²) >= 11 is 0. The van der Waals surface area contributed by atoms with Gasteiger partial charge < -0.3 is 19.2 Å². The molecule has 0 radical (unpaired) electrons. The van der Waals surface area contributed by atoms with Gasteiger partial charge in [-0.25, -0.2) is 0 Å². The Bertz CT molecular complexity index is 62.2. The standard InChI is InChI=1S/Li.H3O4P.Si.Zn/c;1-5(2,3)4;;/h;(H3,1,2,3,4);;/q+1;;+4;+2/p-3. The van der Waals surface area contributed by atoms with Gasteiger partial charge in [-0.15, -0.1) is 0 Å². The Morgan fingerprint density at radius 3 is 1.12 bits per heavy atom. The van der Waals surface area contributed by atoms with Crippen LogP contribution in [0.2, 0.25) is 0 Å². The Labute approximate surface area is 76.3 Å². The van der Waals surface area contributed by atoms with Crippen molar-refractivity contribution in [3.63, 3.8) is 0 Å². The number of hydrogen-bond acceptors (Lipinski definition) is 4. The fourth-order valence-electron chi connectivity index (χ4n) is 0. The van der Waals surface area contributed by atoms with Crippen molar-refractivity contribution in [3.8, 4) is 0 Å². The van der Waals surface area contributed by atoms with E-state index in [-0.39, 0.29) is 49.3 Å². The van der Waals surface area contributed by atoms with E-state index in [1.165, 1.54) is 0 Å². The van der Waals surface area contributed by atoms with Crippen molar-refractivity contribution in [2.24, 2.45) is 0 Å². The molecular weight excluding hydrogens is 195 g/mol. The molecule has 0 bridgehead atoms. The maximum atomic E-state index is 8.55. The van der Waals surface area contributed by atoms with Gasteiger partial charge in [0.25, 0.3) is 0 Å². The van der Waals surface area contributed by atoms with Gasteiger partial charge in [0.2, 0.25) is 0 Å². The molecule has 0 saturated carbocycles. The molecule has 32 valence electrons. The molecule has 0 aromatic heterocycles. The van der Waals surface area contributed by atoms with Crippen LogP contribution in [0, 0.1) is 0 Å². The zero-order chi connectivity index (χ0) is 4.50. The second kappa shape index (κ2) is 8.55. The molecule has 0 atom stereocenters. The summed E-state index contributed by atoms with van der Waals surface area (Å²) in [4.78, 5) is 25.6. The van der Waals surface area contributed by atoms with Crippen LogP contribution in [0.15, 0.2) is 0 Å². The van der Waals surface area contributed by atoms with E-state index in [2.05, 4.69) is 0 Å². The Balaban J connectivity index is -0.0000000267. The molecule has 0 aliphatic heterocycles. The molecule has 0 aliphatic rings. The minimum Gasteiger partial charge on any atom is -0.822 e. The first-order valence-corrected chi connectivity index (χ1v) is 2.19. The van der Waals surface area contributed by atoms with Crippen molar-refractivity contribution in [1.29, 1.82) is 0 Å².